The Labute approximate surface area is 181 Å². The van der Waals surface area contributed by atoms with E-state index in [4.69, 9.17) is 4.42 Å². The molecule has 0 aliphatic heterocycles. The Kier molecular flexibility index (Phi) is 6.68. The van der Waals surface area contributed by atoms with Crippen molar-refractivity contribution in [2.45, 2.75) is 11.8 Å². The summed E-state index contributed by atoms with van der Waals surface area (Å²) in [5.41, 5.74) is 3.26. The van der Waals surface area contributed by atoms with E-state index in [1.165, 1.54) is 11.1 Å². The molecule has 0 spiro atoms. The number of nitrogens with zero attached hydrogens (tertiary/aromatic N) is 1. The average Bonchev–Trinajstić information content (AvgIpc) is 3.33. The highest BCUT2D eigenvalue weighted by atomic mass is 32.2. The van der Waals surface area contributed by atoms with Crippen molar-refractivity contribution in [3.63, 3.8) is 0 Å². The van der Waals surface area contributed by atoms with Gasteiger partial charge < -0.3 is 9.32 Å². The molecule has 0 unspecified atom stereocenters. The second-order valence-corrected chi connectivity index (χ2v) is 8.00. The van der Waals surface area contributed by atoms with E-state index in [1.54, 1.807) is 22.9 Å². The van der Waals surface area contributed by atoms with Gasteiger partial charge in [-0.1, -0.05) is 78.9 Å². The molecule has 1 aromatic heterocycles. The maximum atomic E-state index is 13.3. The highest BCUT2D eigenvalue weighted by Gasteiger charge is 2.21. The predicted molar refractivity (Wildman–Crippen MR) is 124 cm³/mol. The number of carbonyl (C=O) groups excluding carboxylic acids is 1. The second-order valence-electron chi connectivity index (χ2n) is 6.91. The van der Waals surface area contributed by atoms with Crippen LogP contribution in [0.5, 0.6) is 0 Å². The van der Waals surface area contributed by atoms with Crippen LogP contribution >= 0.6 is 11.8 Å². The predicted octanol–water partition coefficient (Wildman–Crippen LogP) is 6.34. The molecule has 0 radical (unpaired) electrons. The molecule has 30 heavy (non-hydrogen) atoms. The van der Waals surface area contributed by atoms with Gasteiger partial charge in [-0.25, -0.2) is 0 Å². The van der Waals surface area contributed by atoms with Crippen molar-refractivity contribution < 1.29 is 9.21 Å². The molecule has 1 amide bonds. The number of benzene rings is 3. The molecule has 0 N–H and O–H groups in total. The smallest absolute Gasteiger partial charge is 0.237 e. The Morgan fingerprint density at radius 2 is 1.33 bits per heavy atom. The molecule has 0 bridgehead atoms. The van der Waals surface area contributed by atoms with Gasteiger partial charge in [0.15, 0.2) is 0 Å². The summed E-state index contributed by atoms with van der Waals surface area (Å²) in [5.74, 6) is 1.18. The normalized spacial score (nSPS) is 10.8. The van der Waals surface area contributed by atoms with Gasteiger partial charge in [0.1, 0.15) is 5.76 Å². The molecule has 0 saturated carbocycles. The molecule has 0 aliphatic carbocycles. The van der Waals surface area contributed by atoms with Crippen LogP contribution in [0.15, 0.2) is 114 Å². The largest absolute Gasteiger partial charge is 0.467 e. The Bertz CT molecular complexity index is 995. The maximum Gasteiger partial charge on any atom is 0.237 e. The zero-order valence-electron chi connectivity index (χ0n) is 16.6. The van der Waals surface area contributed by atoms with Crippen LogP contribution in [0.25, 0.3) is 0 Å². The van der Waals surface area contributed by atoms with Crippen molar-refractivity contribution in [1.82, 2.24) is 0 Å². The third kappa shape index (κ3) is 5.02. The lowest BCUT2D eigenvalue weighted by molar-refractivity contribution is -0.116. The average molecular weight is 414 g/mol. The highest BCUT2D eigenvalue weighted by molar-refractivity contribution is 8.00. The number of rotatable bonds is 8. The van der Waals surface area contributed by atoms with Crippen LogP contribution in [0, 0.1) is 0 Å². The van der Waals surface area contributed by atoms with E-state index in [2.05, 4.69) is 24.3 Å². The number of furan rings is 1. The van der Waals surface area contributed by atoms with Crippen molar-refractivity contribution in [2.75, 3.05) is 10.7 Å². The third-order valence-electron chi connectivity index (χ3n) is 4.84. The molecular formula is C26H23NO2S. The van der Waals surface area contributed by atoms with Gasteiger partial charge in [0.25, 0.3) is 0 Å². The first-order valence-corrected chi connectivity index (χ1v) is 11.0. The van der Waals surface area contributed by atoms with Gasteiger partial charge in [0.2, 0.25) is 5.91 Å². The number of hydrogen-bond acceptors (Lipinski definition) is 3. The third-order valence-corrected chi connectivity index (χ3v) is 6.13. The molecule has 4 aromatic rings. The van der Waals surface area contributed by atoms with E-state index >= 15 is 0 Å². The fraction of sp³-hybridized carbons (Fsp3) is 0.115. The molecule has 3 nitrogen and oxygen atoms in total. The molecule has 0 fully saturated rings. The van der Waals surface area contributed by atoms with Gasteiger partial charge >= 0.3 is 0 Å². The highest BCUT2D eigenvalue weighted by Crippen LogP contribution is 2.36. The van der Waals surface area contributed by atoms with E-state index < -0.39 is 0 Å². The summed E-state index contributed by atoms with van der Waals surface area (Å²) in [6.07, 6.45) is 1.64. The topological polar surface area (TPSA) is 33.5 Å². The van der Waals surface area contributed by atoms with Gasteiger partial charge in [-0.15, -0.1) is 11.8 Å². The molecule has 1 heterocycles. The molecular weight excluding hydrogens is 390 g/mol. The molecule has 4 rings (SSSR count). The van der Waals surface area contributed by atoms with E-state index in [0.29, 0.717) is 12.3 Å². The van der Waals surface area contributed by atoms with Crippen LogP contribution in [0.1, 0.15) is 22.1 Å². The first kappa shape index (κ1) is 20.0. The number of amides is 1. The van der Waals surface area contributed by atoms with Crippen molar-refractivity contribution in [3.05, 3.63) is 126 Å². The lowest BCUT2D eigenvalue weighted by Crippen LogP contribution is -2.32. The standard InChI is InChI=1S/C26H23NO2S/c28-25(27(19-24-17-10-18-29-24)23-15-8-3-9-16-23)20-30-26(21-11-4-1-5-12-21)22-13-6-2-7-14-22/h1-18,26H,19-20H2. The summed E-state index contributed by atoms with van der Waals surface area (Å²) in [6, 6.07) is 34.2. The monoisotopic (exact) mass is 413 g/mol. The van der Waals surface area contributed by atoms with Gasteiger partial charge in [0, 0.05) is 5.69 Å². The summed E-state index contributed by atoms with van der Waals surface area (Å²) < 4.78 is 5.50. The quantitative estimate of drug-likeness (QED) is 0.338. The zero-order chi connectivity index (χ0) is 20.6. The van der Waals surface area contributed by atoms with Crippen LogP contribution in [-0.4, -0.2) is 11.7 Å². The van der Waals surface area contributed by atoms with E-state index in [-0.39, 0.29) is 11.2 Å². The summed E-state index contributed by atoms with van der Waals surface area (Å²) in [6.45, 7) is 0.414. The number of carbonyl (C=O) groups is 1. The molecule has 4 heteroatoms. The zero-order valence-corrected chi connectivity index (χ0v) is 17.4. The Balaban J connectivity index is 1.55. The van der Waals surface area contributed by atoms with Gasteiger partial charge in [-0.05, 0) is 35.4 Å². The minimum Gasteiger partial charge on any atom is -0.467 e. The number of anilines is 1. The second kappa shape index (κ2) is 9.99. The number of thioether (sulfide) groups is 1. The van der Waals surface area contributed by atoms with Crippen molar-refractivity contribution >= 4 is 23.4 Å². The molecule has 150 valence electrons. The summed E-state index contributed by atoms with van der Waals surface area (Å²) in [5, 5.41) is 0.0950. The molecule has 0 aliphatic rings. The molecule has 0 saturated heterocycles. The summed E-state index contributed by atoms with van der Waals surface area (Å²) in [4.78, 5) is 15.1. The minimum absolute atomic E-state index is 0.0551. The fourth-order valence-corrected chi connectivity index (χ4v) is 4.53. The lowest BCUT2D eigenvalue weighted by atomic mass is 10.0. The first-order chi connectivity index (χ1) is 14.8. The van der Waals surface area contributed by atoms with Gasteiger partial charge in [0.05, 0.1) is 23.8 Å². The van der Waals surface area contributed by atoms with Crippen LogP contribution in [-0.2, 0) is 11.3 Å². The van der Waals surface area contributed by atoms with Gasteiger partial charge in [-0.2, -0.15) is 0 Å². The fourth-order valence-electron chi connectivity index (χ4n) is 3.36. The Hall–Kier alpha value is -3.24. The van der Waals surface area contributed by atoms with Crippen LogP contribution in [0.2, 0.25) is 0 Å². The maximum absolute atomic E-state index is 13.3. The SMILES string of the molecule is O=C(CSC(c1ccccc1)c1ccccc1)N(Cc1ccco1)c1ccccc1. The van der Waals surface area contributed by atoms with Crippen molar-refractivity contribution in [2.24, 2.45) is 0 Å². The molecule has 3 aromatic carbocycles. The van der Waals surface area contributed by atoms with Crippen LogP contribution < -0.4 is 4.90 Å². The van der Waals surface area contributed by atoms with Crippen LogP contribution in [0.4, 0.5) is 5.69 Å². The van der Waals surface area contributed by atoms with Crippen molar-refractivity contribution in [1.29, 1.82) is 0 Å². The van der Waals surface area contributed by atoms with E-state index in [9.17, 15) is 4.79 Å². The number of para-hydroxylation sites is 1. The van der Waals surface area contributed by atoms with Crippen LogP contribution in [0.3, 0.4) is 0 Å². The lowest BCUT2D eigenvalue weighted by Gasteiger charge is -2.24. The van der Waals surface area contributed by atoms with Crippen molar-refractivity contribution in [3.8, 4) is 0 Å². The van der Waals surface area contributed by atoms with Gasteiger partial charge in [-0.3, -0.25) is 4.79 Å². The Morgan fingerprint density at radius 3 is 1.87 bits per heavy atom. The van der Waals surface area contributed by atoms with E-state index in [0.717, 1.165) is 11.4 Å². The number of hydrogen-bond donors (Lipinski definition) is 0. The minimum atomic E-state index is 0.0551. The molecule has 0 atom stereocenters. The Morgan fingerprint density at radius 1 is 0.767 bits per heavy atom. The van der Waals surface area contributed by atoms with E-state index in [1.807, 2.05) is 78.9 Å². The first-order valence-electron chi connectivity index (χ1n) is 9.90. The summed E-state index contributed by atoms with van der Waals surface area (Å²) in [7, 11) is 0. The summed E-state index contributed by atoms with van der Waals surface area (Å²) >= 11 is 1.65.